The standard InChI is InChI=1S/C10H13NO6S/c1-18(15,16)6-2-5-11-9(12)7-3-4-8(17-7)10(13)14/h3-4H,2,5-6H2,1H3,(H,11,12)(H,13,14). The summed E-state index contributed by atoms with van der Waals surface area (Å²) in [6.45, 7) is 0.176. The predicted octanol–water partition coefficient (Wildman–Crippen LogP) is 0.142. The minimum absolute atomic E-state index is 0.0220. The van der Waals surface area contributed by atoms with E-state index in [2.05, 4.69) is 5.32 Å². The van der Waals surface area contributed by atoms with Gasteiger partial charge in [-0.15, -0.1) is 0 Å². The molecular formula is C10H13NO6S. The smallest absolute Gasteiger partial charge is 0.371 e. The van der Waals surface area contributed by atoms with E-state index in [9.17, 15) is 18.0 Å². The van der Waals surface area contributed by atoms with Crippen molar-refractivity contribution in [3.05, 3.63) is 23.7 Å². The van der Waals surface area contributed by atoms with Crippen molar-refractivity contribution in [3.8, 4) is 0 Å². The fourth-order valence-corrected chi connectivity index (χ4v) is 1.87. The predicted molar refractivity (Wildman–Crippen MR) is 62.3 cm³/mol. The van der Waals surface area contributed by atoms with Gasteiger partial charge in [0, 0.05) is 12.8 Å². The van der Waals surface area contributed by atoms with Crippen molar-refractivity contribution in [2.45, 2.75) is 6.42 Å². The molecular weight excluding hydrogens is 262 g/mol. The highest BCUT2D eigenvalue weighted by atomic mass is 32.2. The zero-order valence-corrected chi connectivity index (χ0v) is 10.5. The summed E-state index contributed by atoms with van der Waals surface area (Å²) in [6, 6.07) is 2.42. The average Bonchev–Trinajstić information content (AvgIpc) is 2.72. The van der Waals surface area contributed by atoms with Gasteiger partial charge in [-0.3, -0.25) is 4.79 Å². The Morgan fingerprint density at radius 1 is 1.33 bits per heavy atom. The van der Waals surface area contributed by atoms with Gasteiger partial charge in [0.1, 0.15) is 9.84 Å². The Kier molecular flexibility index (Phi) is 4.49. The number of carboxylic acid groups (broad SMARTS) is 1. The van der Waals surface area contributed by atoms with E-state index in [-0.39, 0.29) is 30.2 Å². The van der Waals surface area contributed by atoms with Crippen molar-refractivity contribution >= 4 is 21.7 Å². The molecule has 0 unspecified atom stereocenters. The summed E-state index contributed by atoms with van der Waals surface area (Å²) in [4.78, 5) is 22.0. The highest BCUT2D eigenvalue weighted by molar-refractivity contribution is 7.90. The van der Waals surface area contributed by atoms with Gasteiger partial charge < -0.3 is 14.8 Å². The number of aromatic carboxylic acids is 1. The van der Waals surface area contributed by atoms with Gasteiger partial charge in [-0.1, -0.05) is 0 Å². The summed E-state index contributed by atoms with van der Waals surface area (Å²) < 4.78 is 26.4. The van der Waals surface area contributed by atoms with E-state index in [1.807, 2.05) is 0 Å². The highest BCUT2D eigenvalue weighted by Gasteiger charge is 2.14. The first-order chi connectivity index (χ1) is 8.29. The fourth-order valence-electron chi connectivity index (χ4n) is 1.20. The Morgan fingerprint density at radius 2 is 1.94 bits per heavy atom. The summed E-state index contributed by atoms with van der Waals surface area (Å²) in [6.07, 6.45) is 1.40. The third-order valence-corrected chi connectivity index (χ3v) is 3.05. The zero-order chi connectivity index (χ0) is 13.8. The van der Waals surface area contributed by atoms with Crippen molar-refractivity contribution in [1.82, 2.24) is 5.32 Å². The van der Waals surface area contributed by atoms with E-state index < -0.39 is 21.7 Å². The van der Waals surface area contributed by atoms with Gasteiger partial charge in [0.05, 0.1) is 5.75 Å². The van der Waals surface area contributed by atoms with Gasteiger partial charge in [0.25, 0.3) is 5.91 Å². The van der Waals surface area contributed by atoms with Crippen LogP contribution in [-0.4, -0.2) is 44.0 Å². The van der Waals surface area contributed by atoms with Crippen LogP contribution in [0.3, 0.4) is 0 Å². The van der Waals surface area contributed by atoms with Crippen LogP contribution in [0.4, 0.5) is 0 Å². The van der Waals surface area contributed by atoms with E-state index in [1.54, 1.807) is 0 Å². The van der Waals surface area contributed by atoms with Crippen LogP contribution in [0.5, 0.6) is 0 Å². The molecule has 1 amide bonds. The molecule has 7 nitrogen and oxygen atoms in total. The molecule has 1 aromatic rings. The van der Waals surface area contributed by atoms with E-state index in [0.29, 0.717) is 0 Å². The van der Waals surface area contributed by atoms with Crippen molar-refractivity contribution in [3.63, 3.8) is 0 Å². The maximum atomic E-state index is 11.5. The van der Waals surface area contributed by atoms with Crippen molar-refractivity contribution < 1.29 is 27.5 Å². The second-order valence-corrected chi connectivity index (χ2v) is 5.97. The first kappa shape index (κ1) is 14.2. The molecule has 2 N–H and O–H groups in total. The number of rotatable bonds is 6. The second kappa shape index (κ2) is 5.67. The van der Waals surface area contributed by atoms with Gasteiger partial charge in [-0.05, 0) is 18.6 Å². The third kappa shape index (κ3) is 4.58. The van der Waals surface area contributed by atoms with Crippen molar-refractivity contribution in [1.29, 1.82) is 0 Å². The molecule has 1 rings (SSSR count). The molecule has 0 radical (unpaired) electrons. The minimum Gasteiger partial charge on any atom is -0.475 e. The van der Waals surface area contributed by atoms with Gasteiger partial charge in [-0.25, -0.2) is 13.2 Å². The van der Waals surface area contributed by atoms with Crippen LogP contribution in [-0.2, 0) is 9.84 Å². The summed E-state index contributed by atoms with van der Waals surface area (Å²) in [5.41, 5.74) is 0. The van der Waals surface area contributed by atoms with E-state index in [0.717, 1.165) is 6.26 Å². The lowest BCUT2D eigenvalue weighted by Crippen LogP contribution is -2.25. The molecule has 1 aromatic heterocycles. The first-order valence-electron chi connectivity index (χ1n) is 5.08. The highest BCUT2D eigenvalue weighted by Crippen LogP contribution is 2.07. The normalized spacial score (nSPS) is 11.2. The Labute approximate surface area is 104 Å². The molecule has 0 saturated heterocycles. The Morgan fingerprint density at radius 3 is 2.44 bits per heavy atom. The van der Waals surface area contributed by atoms with Crippen LogP contribution in [0.1, 0.15) is 27.5 Å². The van der Waals surface area contributed by atoms with Crippen molar-refractivity contribution in [2.75, 3.05) is 18.6 Å². The van der Waals surface area contributed by atoms with Gasteiger partial charge in [-0.2, -0.15) is 0 Å². The van der Waals surface area contributed by atoms with Crippen molar-refractivity contribution in [2.24, 2.45) is 0 Å². The fraction of sp³-hybridized carbons (Fsp3) is 0.400. The molecule has 0 aromatic carbocycles. The third-order valence-electron chi connectivity index (χ3n) is 2.02. The number of sulfone groups is 1. The number of carbonyl (C=O) groups is 2. The second-order valence-electron chi connectivity index (χ2n) is 3.71. The zero-order valence-electron chi connectivity index (χ0n) is 9.67. The summed E-state index contributed by atoms with van der Waals surface area (Å²) in [5.74, 6) is -2.30. The van der Waals surface area contributed by atoms with Crippen LogP contribution >= 0.6 is 0 Å². The van der Waals surface area contributed by atoms with Gasteiger partial charge >= 0.3 is 5.97 Å². The first-order valence-corrected chi connectivity index (χ1v) is 7.15. The lowest BCUT2D eigenvalue weighted by atomic mass is 10.4. The number of amides is 1. The number of nitrogens with one attached hydrogen (secondary N) is 1. The van der Waals surface area contributed by atoms with E-state index >= 15 is 0 Å². The molecule has 18 heavy (non-hydrogen) atoms. The average molecular weight is 275 g/mol. The van der Waals surface area contributed by atoms with E-state index in [4.69, 9.17) is 9.52 Å². The number of furan rings is 1. The van der Waals surface area contributed by atoms with Crippen LogP contribution in [0.15, 0.2) is 16.5 Å². The number of carboxylic acids is 1. The Balaban J connectivity index is 2.43. The number of hydrogen-bond donors (Lipinski definition) is 2. The molecule has 0 spiro atoms. The maximum Gasteiger partial charge on any atom is 0.371 e. The molecule has 100 valence electrons. The summed E-state index contributed by atoms with van der Waals surface area (Å²) >= 11 is 0. The molecule has 1 heterocycles. The number of hydrogen-bond acceptors (Lipinski definition) is 5. The van der Waals surface area contributed by atoms with Crippen LogP contribution in [0, 0.1) is 0 Å². The molecule has 8 heteroatoms. The lowest BCUT2D eigenvalue weighted by Gasteiger charge is -2.02. The quantitative estimate of drug-likeness (QED) is 0.714. The molecule has 0 bridgehead atoms. The summed E-state index contributed by atoms with van der Waals surface area (Å²) in [5, 5.41) is 11.0. The molecule has 0 fully saturated rings. The monoisotopic (exact) mass is 275 g/mol. The molecule has 0 saturated carbocycles. The maximum absolute atomic E-state index is 11.5. The molecule has 0 aliphatic carbocycles. The van der Waals surface area contributed by atoms with Crippen LogP contribution in [0.2, 0.25) is 0 Å². The topological polar surface area (TPSA) is 114 Å². The van der Waals surface area contributed by atoms with E-state index in [1.165, 1.54) is 12.1 Å². The Hall–Kier alpha value is -1.83. The Bertz CT molecular complexity index is 544. The largest absolute Gasteiger partial charge is 0.475 e. The van der Waals surface area contributed by atoms with Crippen LogP contribution < -0.4 is 5.32 Å². The molecule has 0 aliphatic heterocycles. The molecule has 0 atom stereocenters. The minimum atomic E-state index is -3.05. The summed E-state index contributed by atoms with van der Waals surface area (Å²) in [7, 11) is -3.05. The van der Waals surface area contributed by atoms with Crippen LogP contribution in [0.25, 0.3) is 0 Å². The lowest BCUT2D eigenvalue weighted by molar-refractivity contribution is 0.0659. The number of carbonyl (C=O) groups excluding carboxylic acids is 1. The van der Waals surface area contributed by atoms with Gasteiger partial charge in [0.2, 0.25) is 5.76 Å². The van der Waals surface area contributed by atoms with Gasteiger partial charge in [0.15, 0.2) is 5.76 Å². The SMILES string of the molecule is CS(=O)(=O)CCCNC(=O)c1ccc(C(=O)O)o1. The molecule has 0 aliphatic rings.